The summed E-state index contributed by atoms with van der Waals surface area (Å²) in [5.41, 5.74) is 1.17. The van der Waals surface area contributed by atoms with E-state index in [0.717, 1.165) is 44.2 Å². The predicted molar refractivity (Wildman–Crippen MR) is 67.1 cm³/mol. The van der Waals surface area contributed by atoms with Crippen molar-refractivity contribution in [3.8, 4) is 11.5 Å². The summed E-state index contributed by atoms with van der Waals surface area (Å²) in [6.07, 6.45) is 1.07. The number of benzene rings is 1. The molecule has 1 saturated heterocycles. The summed E-state index contributed by atoms with van der Waals surface area (Å²) in [5.74, 6) is 1.88. The second kappa shape index (κ2) is 4.45. The van der Waals surface area contributed by atoms with Gasteiger partial charge in [-0.15, -0.1) is 0 Å². The zero-order valence-electron chi connectivity index (χ0n) is 10.1. The molecular formula is C13H18N2O2. The lowest BCUT2D eigenvalue weighted by Crippen LogP contribution is -2.51. The van der Waals surface area contributed by atoms with Crippen LogP contribution in [0.3, 0.4) is 0 Å². The predicted octanol–water partition coefficient (Wildman–Crippen LogP) is 1.26. The highest BCUT2D eigenvalue weighted by Gasteiger charge is 2.27. The third-order valence-electron chi connectivity index (χ3n) is 3.53. The van der Waals surface area contributed by atoms with Crippen LogP contribution in [0.1, 0.15) is 6.42 Å². The molecule has 1 fully saturated rings. The molecule has 1 N–H and O–H groups in total. The van der Waals surface area contributed by atoms with Gasteiger partial charge in [0, 0.05) is 38.2 Å². The second-order valence-corrected chi connectivity index (χ2v) is 4.52. The van der Waals surface area contributed by atoms with E-state index >= 15 is 0 Å². The van der Waals surface area contributed by atoms with E-state index in [9.17, 15) is 0 Å². The summed E-state index contributed by atoms with van der Waals surface area (Å²) in [4.78, 5) is 2.45. The topological polar surface area (TPSA) is 33.7 Å². The van der Waals surface area contributed by atoms with Gasteiger partial charge in [0.2, 0.25) is 0 Å². The molecule has 0 amide bonds. The van der Waals surface area contributed by atoms with Crippen molar-refractivity contribution in [1.82, 2.24) is 5.32 Å². The maximum atomic E-state index is 5.81. The summed E-state index contributed by atoms with van der Waals surface area (Å²) in [7, 11) is 1.70. The van der Waals surface area contributed by atoms with Crippen LogP contribution in [0.2, 0.25) is 0 Å². The van der Waals surface area contributed by atoms with Crippen LogP contribution in [0.15, 0.2) is 18.2 Å². The highest BCUT2D eigenvalue weighted by molar-refractivity contribution is 5.63. The van der Waals surface area contributed by atoms with Crippen molar-refractivity contribution in [3.63, 3.8) is 0 Å². The number of rotatable bonds is 1. The number of hydrogen-bond acceptors (Lipinski definition) is 4. The van der Waals surface area contributed by atoms with Crippen LogP contribution >= 0.6 is 0 Å². The summed E-state index contributed by atoms with van der Waals surface area (Å²) in [6.45, 7) is 3.91. The fourth-order valence-electron chi connectivity index (χ4n) is 2.61. The molecule has 4 heteroatoms. The fourth-order valence-corrected chi connectivity index (χ4v) is 2.61. The molecule has 0 bridgehead atoms. The monoisotopic (exact) mass is 234 g/mol. The lowest BCUT2D eigenvalue weighted by molar-refractivity contribution is 0.303. The average molecular weight is 234 g/mol. The van der Waals surface area contributed by atoms with Crippen LogP contribution in [0.25, 0.3) is 0 Å². The van der Waals surface area contributed by atoms with Crippen LogP contribution in [0.4, 0.5) is 5.69 Å². The highest BCUT2D eigenvalue weighted by Crippen LogP contribution is 2.36. The van der Waals surface area contributed by atoms with Crippen LogP contribution < -0.4 is 19.7 Å². The Hall–Kier alpha value is -1.42. The molecule has 0 saturated carbocycles. The minimum absolute atomic E-state index is 0.539. The quantitative estimate of drug-likeness (QED) is 0.793. The zero-order valence-corrected chi connectivity index (χ0v) is 10.1. The molecule has 2 heterocycles. The Morgan fingerprint density at radius 3 is 3.29 bits per heavy atom. The minimum atomic E-state index is 0.539. The van der Waals surface area contributed by atoms with Gasteiger partial charge in [0.1, 0.15) is 11.5 Å². The maximum Gasteiger partial charge on any atom is 0.142 e. The minimum Gasteiger partial charge on any atom is -0.497 e. The third kappa shape index (κ3) is 1.93. The summed E-state index contributed by atoms with van der Waals surface area (Å²) in [6, 6.07) is 6.59. The van der Waals surface area contributed by atoms with E-state index in [-0.39, 0.29) is 0 Å². The highest BCUT2D eigenvalue weighted by atomic mass is 16.5. The van der Waals surface area contributed by atoms with Crippen LogP contribution in [0.5, 0.6) is 11.5 Å². The van der Waals surface area contributed by atoms with Gasteiger partial charge in [0.05, 0.1) is 19.4 Å². The number of hydrogen-bond donors (Lipinski definition) is 1. The first-order chi connectivity index (χ1) is 8.38. The summed E-state index contributed by atoms with van der Waals surface area (Å²) < 4.78 is 11.1. The Balaban J connectivity index is 2.00. The SMILES string of the molecule is COc1ccc2c(c1)N1CCNC[C@@H]1CCO2. The molecule has 4 nitrogen and oxygen atoms in total. The van der Waals surface area contributed by atoms with Gasteiger partial charge in [-0.1, -0.05) is 0 Å². The van der Waals surface area contributed by atoms with E-state index in [0.29, 0.717) is 6.04 Å². The van der Waals surface area contributed by atoms with Gasteiger partial charge < -0.3 is 19.7 Å². The van der Waals surface area contributed by atoms with Crippen molar-refractivity contribution < 1.29 is 9.47 Å². The van der Waals surface area contributed by atoms with E-state index in [1.807, 2.05) is 12.1 Å². The standard InChI is InChI=1S/C13H18N2O2/c1-16-11-2-3-13-12(8-11)15-6-5-14-9-10(15)4-7-17-13/h2-3,8,10,14H,4-7,9H2,1H3/t10-/m0/s1. The normalized spacial score (nSPS) is 23.1. The molecule has 1 aromatic rings. The molecule has 2 aliphatic heterocycles. The van der Waals surface area contributed by atoms with Gasteiger partial charge in [0.25, 0.3) is 0 Å². The molecule has 3 rings (SSSR count). The Kier molecular flexibility index (Phi) is 2.81. The Morgan fingerprint density at radius 1 is 1.47 bits per heavy atom. The molecule has 0 spiro atoms. The largest absolute Gasteiger partial charge is 0.497 e. The summed E-state index contributed by atoms with van der Waals surface area (Å²) in [5, 5.41) is 3.44. The van der Waals surface area contributed by atoms with Gasteiger partial charge in [-0.2, -0.15) is 0 Å². The number of ether oxygens (including phenoxy) is 2. The molecule has 0 radical (unpaired) electrons. The van der Waals surface area contributed by atoms with Crippen molar-refractivity contribution in [3.05, 3.63) is 18.2 Å². The molecule has 0 aromatic heterocycles. The second-order valence-electron chi connectivity index (χ2n) is 4.52. The molecule has 17 heavy (non-hydrogen) atoms. The van der Waals surface area contributed by atoms with Gasteiger partial charge in [-0.25, -0.2) is 0 Å². The molecule has 1 aromatic carbocycles. The molecule has 92 valence electrons. The number of nitrogens with zero attached hydrogens (tertiary/aromatic N) is 1. The number of methoxy groups -OCH3 is 1. The fraction of sp³-hybridized carbons (Fsp3) is 0.538. The molecule has 2 aliphatic rings. The molecule has 0 unspecified atom stereocenters. The van der Waals surface area contributed by atoms with Gasteiger partial charge in [-0.3, -0.25) is 0 Å². The maximum absolute atomic E-state index is 5.81. The average Bonchev–Trinajstić information content (AvgIpc) is 2.57. The van der Waals surface area contributed by atoms with Crippen molar-refractivity contribution in [2.24, 2.45) is 0 Å². The Bertz CT molecular complexity index is 408. The van der Waals surface area contributed by atoms with Crippen molar-refractivity contribution >= 4 is 5.69 Å². The van der Waals surface area contributed by atoms with Crippen molar-refractivity contribution in [1.29, 1.82) is 0 Å². The van der Waals surface area contributed by atoms with E-state index in [4.69, 9.17) is 9.47 Å². The number of nitrogens with one attached hydrogen (secondary N) is 1. The number of piperazine rings is 1. The Morgan fingerprint density at radius 2 is 2.41 bits per heavy atom. The molecule has 1 atom stereocenters. The smallest absolute Gasteiger partial charge is 0.142 e. The summed E-state index contributed by atoms with van der Waals surface area (Å²) >= 11 is 0. The third-order valence-corrected chi connectivity index (χ3v) is 3.53. The van der Waals surface area contributed by atoms with Crippen LogP contribution in [-0.2, 0) is 0 Å². The first-order valence-corrected chi connectivity index (χ1v) is 6.16. The van der Waals surface area contributed by atoms with Gasteiger partial charge in [-0.05, 0) is 12.1 Å². The molecular weight excluding hydrogens is 216 g/mol. The van der Waals surface area contributed by atoms with E-state index in [1.165, 1.54) is 5.69 Å². The first kappa shape index (κ1) is 10.7. The van der Waals surface area contributed by atoms with Crippen LogP contribution in [0, 0.1) is 0 Å². The van der Waals surface area contributed by atoms with Crippen LogP contribution in [-0.4, -0.2) is 39.4 Å². The Labute approximate surface area is 102 Å². The molecule has 0 aliphatic carbocycles. The lowest BCUT2D eigenvalue weighted by Gasteiger charge is -2.36. The van der Waals surface area contributed by atoms with Crippen molar-refractivity contribution in [2.75, 3.05) is 38.3 Å². The zero-order chi connectivity index (χ0) is 11.7. The van der Waals surface area contributed by atoms with E-state index in [1.54, 1.807) is 7.11 Å². The lowest BCUT2D eigenvalue weighted by atomic mass is 10.1. The number of anilines is 1. The van der Waals surface area contributed by atoms with Gasteiger partial charge in [0.15, 0.2) is 0 Å². The van der Waals surface area contributed by atoms with E-state index < -0.39 is 0 Å². The first-order valence-electron chi connectivity index (χ1n) is 6.16. The van der Waals surface area contributed by atoms with Gasteiger partial charge >= 0.3 is 0 Å². The van der Waals surface area contributed by atoms with E-state index in [2.05, 4.69) is 16.3 Å². The van der Waals surface area contributed by atoms with Crippen molar-refractivity contribution in [2.45, 2.75) is 12.5 Å². The number of fused-ring (bicyclic) bond motifs is 3.